The molecule has 0 fully saturated rings. The van der Waals surface area contributed by atoms with Gasteiger partial charge in [0.15, 0.2) is 11.5 Å². The fourth-order valence-corrected chi connectivity index (χ4v) is 4.79. The van der Waals surface area contributed by atoms with Crippen molar-refractivity contribution in [2.24, 2.45) is 0 Å². The highest BCUT2D eigenvalue weighted by Gasteiger charge is 2.24. The maximum Gasteiger partial charge on any atom is 0.267 e. The number of carbonyl (C=O) groups is 1. The molecule has 0 unspecified atom stereocenters. The van der Waals surface area contributed by atoms with Crippen LogP contribution in [0.2, 0.25) is 0 Å². The average Bonchev–Trinajstić information content (AvgIpc) is 3.26. The summed E-state index contributed by atoms with van der Waals surface area (Å²) in [4.78, 5) is 19.7. The van der Waals surface area contributed by atoms with Gasteiger partial charge < -0.3 is 19.8 Å². The van der Waals surface area contributed by atoms with Gasteiger partial charge in [0.25, 0.3) is 5.91 Å². The quantitative estimate of drug-likeness (QED) is 0.446. The molecule has 2 aromatic carbocycles. The number of sulfone groups is 1. The molecule has 0 aliphatic heterocycles. The molecule has 4 aromatic rings. The lowest BCUT2D eigenvalue weighted by Crippen LogP contribution is -2.23. The Hall–Kier alpha value is -3.85. The summed E-state index contributed by atoms with van der Waals surface area (Å²) < 4.78 is 36.7. The molecule has 0 spiro atoms. The number of amides is 1. The molecule has 2 aromatic heterocycles. The van der Waals surface area contributed by atoms with Gasteiger partial charge in [0, 0.05) is 29.8 Å². The Bertz CT molecular complexity index is 1350. The predicted octanol–water partition coefficient (Wildman–Crippen LogP) is 3.34. The number of hydrogen-bond acceptors (Lipinski definition) is 6. The lowest BCUT2D eigenvalue weighted by molar-refractivity contribution is 0.0946. The number of hydrogen-bond donors (Lipinski definition) is 2. The van der Waals surface area contributed by atoms with Crippen LogP contribution in [0.1, 0.15) is 16.1 Å². The lowest BCUT2D eigenvalue weighted by Gasteiger charge is -2.13. The molecule has 164 valence electrons. The maximum absolute atomic E-state index is 13.1. The first-order valence-electron chi connectivity index (χ1n) is 9.70. The number of ether oxygens (including phenoxy) is 2. The van der Waals surface area contributed by atoms with E-state index in [1.54, 1.807) is 48.8 Å². The van der Waals surface area contributed by atoms with Gasteiger partial charge in [-0.2, -0.15) is 0 Å². The van der Waals surface area contributed by atoms with Gasteiger partial charge in [0.2, 0.25) is 9.84 Å². The van der Waals surface area contributed by atoms with E-state index in [2.05, 4.69) is 15.3 Å². The molecule has 8 nitrogen and oxygen atoms in total. The van der Waals surface area contributed by atoms with Crippen molar-refractivity contribution in [1.82, 2.24) is 15.3 Å². The zero-order valence-electron chi connectivity index (χ0n) is 17.5. The molecule has 2 N–H and O–H groups in total. The number of fused-ring (bicyclic) bond motifs is 1. The second-order valence-electron chi connectivity index (χ2n) is 6.97. The van der Waals surface area contributed by atoms with Crippen molar-refractivity contribution in [3.05, 3.63) is 78.2 Å². The number of nitrogens with one attached hydrogen (secondary N) is 2. The fourth-order valence-electron chi connectivity index (χ4n) is 3.35. The van der Waals surface area contributed by atoms with Crippen LogP contribution in [-0.4, -0.2) is 38.5 Å². The van der Waals surface area contributed by atoms with Crippen LogP contribution in [0.4, 0.5) is 0 Å². The molecule has 1 amide bonds. The molecular formula is C23H21N3O5S. The Morgan fingerprint density at radius 2 is 1.84 bits per heavy atom. The van der Waals surface area contributed by atoms with E-state index < -0.39 is 9.84 Å². The van der Waals surface area contributed by atoms with Crippen molar-refractivity contribution in [2.75, 3.05) is 14.2 Å². The first kappa shape index (κ1) is 21.4. The van der Waals surface area contributed by atoms with Crippen molar-refractivity contribution in [1.29, 1.82) is 0 Å². The smallest absolute Gasteiger partial charge is 0.267 e. The number of aromatic amines is 1. The van der Waals surface area contributed by atoms with E-state index in [0.717, 1.165) is 16.5 Å². The molecule has 0 radical (unpaired) electrons. The van der Waals surface area contributed by atoms with Crippen LogP contribution in [0.3, 0.4) is 0 Å². The van der Waals surface area contributed by atoms with Crippen molar-refractivity contribution in [3.8, 4) is 11.5 Å². The normalized spacial score (nSPS) is 11.3. The summed E-state index contributed by atoms with van der Waals surface area (Å²) in [5.74, 6) is 0.222. The third-order valence-corrected chi connectivity index (χ3v) is 6.80. The molecular weight excluding hydrogens is 430 g/mol. The summed E-state index contributed by atoms with van der Waals surface area (Å²) in [6.07, 6.45) is 3.33. The zero-order valence-corrected chi connectivity index (χ0v) is 18.3. The van der Waals surface area contributed by atoms with E-state index in [9.17, 15) is 13.2 Å². The maximum atomic E-state index is 13.1. The first-order chi connectivity index (χ1) is 15.4. The second-order valence-corrected chi connectivity index (χ2v) is 8.89. The second kappa shape index (κ2) is 8.72. The molecule has 0 saturated heterocycles. The van der Waals surface area contributed by atoms with Crippen LogP contribution < -0.4 is 14.8 Å². The minimum absolute atomic E-state index is 0.0219. The van der Waals surface area contributed by atoms with E-state index >= 15 is 0 Å². The average molecular weight is 452 g/mol. The number of carbonyl (C=O) groups excluding carboxylic acids is 1. The molecule has 32 heavy (non-hydrogen) atoms. The van der Waals surface area contributed by atoms with Crippen LogP contribution >= 0.6 is 0 Å². The topological polar surface area (TPSA) is 110 Å². The van der Waals surface area contributed by atoms with Gasteiger partial charge >= 0.3 is 0 Å². The summed E-state index contributed by atoms with van der Waals surface area (Å²) in [5.41, 5.74) is 2.01. The highest BCUT2D eigenvalue weighted by Crippen LogP contribution is 2.36. The molecule has 0 bridgehead atoms. The summed E-state index contributed by atoms with van der Waals surface area (Å²) >= 11 is 0. The number of para-hydroxylation sites is 1. The van der Waals surface area contributed by atoms with Gasteiger partial charge in [-0.1, -0.05) is 18.2 Å². The minimum atomic E-state index is -3.82. The minimum Gasteiger partial charge on any atom is -0.493 e. The molecule has 9 heteroatoms. The number of methoxy groups -OCH3 is 2. The van der Waals surface area contributed by atoms with E-state index in [1.807, 2.05) is 0 Å². The van der Waals surface area contributed by atoms with Crippen LogP contribution in [0, 0.1) is 0 Å². The van der Waals surface area contributed by atoms with Crippen molar-refractivity contribution in [3.63, 3.8) is 0 Å². The number of aromatic nitrogens is 2. The van der Waals surface area contributed by atoms with Gasteiger partial charge in [0.05, 0.1) is 19.1 Å². The Morgan fingerprint density at radius 3 is 2.53 bits per heavy atom. The molecule has 4 rings (SSSR count). The monoisotopic (exact) mass is 451 g/mol. The standard InChI is InChI=1S/C23H21N3O5S/c1-30-20-4-3-5-21(22(20)31-2)32(28,29)17-8-6-15(7-9-17)13-25-23(27)19-12-16-14-24-11-10-18(16)26-19/h3-12,14,26H,13H2,1-2H3,(H,25,27). The fraction of sp³-hybridized carbons (Fsp3) is 0.130. The van der Waals surface area contributed by atoms with Crippen molar-refractivity contribution >= 4 is 26.6 Å². The molecule has 0 saturated carbocycles. The molecule has 0 aliphatic carbocycles. The largest absolute Gasteiger partial charge is 0.493 e. The zero-order chi connectivity index (χ0) is 22.7. The Morgan fingerprint density at radius 1 is 1.06 bits per heavy atom. The molecule has 0 aliphatic rings. The number of nitrogens with zero attached hydrogens (tertiary/aromatic N) is 1. The van der Waals surface area contributed by atoms with Gasteiger partial charge in [0.1, 0.15) is 10.6 Å². The van der Waals surface area contributed by atoms with Gasteiger partial charge in [-0.25, -0.2) is 8.42 Å². The van der Waals surface area contributed by atoms with Crippen LogP contribution in [0.5, 0.6) is 11.5 Å². The third-order valence-electron chi connectivity index (χ3n) is 5.01. The third kappa shape index (κ3) is 4.02. The number of H-pyrrole nitrogens is 1. The van der Waals surface area contributed by atoms with Crippen molar-refractivity contribution in [2.45, 2.75) is 16.3 Å². The molecule has 0 atom stereocenters. The summed E-state index contributed by atoms with van der Waals surface area (Å²) in [7, 11) is -0.980. The molecule has 2 heterocycles. The van der Waals surface area contributed by atoms with Crippen LogP contribution in [0.25, 0.3) is 10.9 Å². The van der Waals surface area contributed by atoms with Crippen molar-refractivity contribution < 1.29 is 22.7 Å². The van der Waals surface area contributed by atoms with E-state index in [1.165, 1.54) is 32.4 Å². The predicted molar refractivity (Wildman–Crippen MR) is 119 cm³/mol. The van der Waals surface area contributed by atoms with E-state index in [0.29, 0.717) is 11.4 Å². The highest BCUT2D eigenvalue weighted by molar-refractivity contribution is 7.91. The SMILES string of the molecule is COc1cccc(S(=O)(=O)c2ccc(CNC(=O)c3cc4cnccc4[nH]3)cc2)c1OC. The summed E-state index contributed by atoms with van der Waals surface area (Å²) in [6, 6.07) is 14.6. The van der Waals surface area contributed by atoms with Crippen LogP contribution in [-0.2, 0) is 16.4 Å². The number of pyridine rings is 1. The lowest BCUT2D eigenvalue weighted by atomic mass is 10.2. The van der Waals surface area contributed by atoms with Crippen LogP contribution in [0.15, 0.2) is 76.8 Å². The summed E-state index contributed by atoms with van der Waals surface area (Å²) in [5, 5.41) is 3.67. The number of rotatable bonds is 7. The Kier molecular flexibility index (Phi) is 5.83. The Labute approximate surface area is 185 Å². The first-order valence-corrected chi connectivity index (χ1v) is 11.2. The van der Waals surface area contributed by atoms with Gasteiger partial charge in [-0.05, 0) is 42.0 Å². The Balaban J connectivity index is 1.50. The van der Waals surface area contributed by atoms with Gasteiger partial charge in [-0.15, -0.1) is 0 Å². The van der Waals surface area contributed by atoms with Gasteiger partial charge in [-0.3, -0.25) is 9.78 Å². The highest BCUT2D eigenvalue weighted by atomic mass is 32.2. The summed E-state index contributed by atoms with van der Waals surface area (Å²) in [6.45, 7) is 0.245. The number of benzene rings is 2. The van der Waals surface area contributed by atoms with E-state index in [4.69, 9.17) is 9.47 Å². The van der Waals surface area contributed by atoms with E-state index in [-0.39, 0.29) is 28.0 Å².